The number of rotatable bonds is 0. The van der Waals surface area contributed by atoms with Gasteiger partial charge in [0.2, 0.25) is 0 Å². The number of benzene rings is 1. The maximum atomic E-state index is 5.78. The molecule has 0 aliphatic heterocycles. The topological polar surface area (TPSA) is 95.2 Å². The Morgan fingerprint density at radius 2 is 1.05 bits per heavy atom. The number of thiazole rings is 2. The number of nitrogens with zero attached hydrogens (tertiary/aromatic N) is 8. The van der Waals surface area contributed by atoms with E-state index < -0.39 is 0 Å². The lowest BCUT2D eigenvalue weighted by Gasteiger charge is -1.96. The molecule has 8 heterocycles. The number of thiophene rings is 2. The summed E-state index contributed by atoms with van der Waals surface area (Å²) in [5.41, 5.74) is 13.2. The standard InChI is InChI=1S/C8H9Cl.3C7H8ClN.C6H7ClS.C6H8S.C5H6ClNS.C5H7NS.C4H7N3/c1-6-3-4-8(9)7(2)5-6;1-5-3-6(2)9-4-7(5)8;1-5-3-6(2)7(8)9-4-5;1-5-3-4-7(8)6(2)9-5;1-4-3-5(2)8-6(4)7;1-5-3-6(2)7-4-5;1-3-5(6)8-4(2)7-3;1-4-3-7-5(2)6-4;1-4-5-3-7(2)6-4/h3-5H,1-2H3;3*3-4H,1-2H3;3H,1-2H3;3-4H,1-2H3;1-2H3;2*3H,1-2H3. The SMILES string of the molecule is Cc1cc(C)c(Cl)cn1.Cc1cc(C)c(Cl)s1.Cc1ccc(Cl)c(C)c1.Cc1ccc(Cl)c(C)n1.Cc1cnc(Cl)c(C)c1.Cc1csc(C)c1.Cc1csc(C)n1.Cc1nc(C)c(Cl)s1.Cc1ncn(C)n1. The van der Waals surface area contributed by atoms with Crippen LogP contribution in [0, 0.1) is 118 Å². The van der Waals surface area contributed by atoms with E-state index in [1.54, 1.807) is 57.4 Å². The van der Waals surface area contributed by atoms with Crippen molar-refractivity contribution in [3.8, 4) is 0 Å². The molecular formula is C55H68Cl6N8S4. The Kier molecular flexibility index (Phi) is 32.7. The number of hydrogen-bond acceptors (Lipinski definition) is 11. The molecule has 0 spiro atoms. The molecular weight excluding hydrogens is 1110 g/mol. The highest BCUT2D eigenvalue weighted by Crippen LogP contribution is 2.25. The van der Waals surface area contributed by atoms with Crippen molar-refractivity contribution in [3.63, 3.8) is 0 Å². The highest BCUT2D eigenvalue weighted by Gasteiger charge is 1.99. The third-order valence-electron chi connectivity index (χ3n) is 8.95. The van der Waals surface area contributed by atoms with Gasteiger partial charge in [0, 0.05) is 56.7 Å². The number of halogens is 6. The second kappa shape index (κ2) is 35.5. The molecule has 0 aliphatic rings. The van der Waals surface area contributed by atoms with Gasteiger partial charge in [-0.2, -0.15) is 5.10 Å². The molecule has 1 aromatic carbocycles. The van der Waals surface area contributed by atoms with Crippen LogP contribution in [0.15, 0.2) is 84.1 Å². The summed E-state index contributed by atoms with van der Waals surface area (Å²) < 4.78 is 3.40. The maximum absolute atomic E-state index is 5.78. The van der Waals surface area contributed by atoms with Crippen molar-refractivity contribution in [1.82, 2.24) is 39.7 Å². The Hall–Kier alpha value is -3.79. The molecule has 0 unspecified atom stereocenters. The van der Waals surface area contributed by atoms with Crippen LogP contribution < -0.4 is 0 Å². The van der Waals surface area contributed by atoms with Gasteiger partial charge in [-0.3, -0.25) is 14.6 Å². The largest absolute Gasteiger partial charge is 0.260 e. The van der Waals surface area contributed by atoms with Crippen LogP contribution in [0.3, 0.4) is 0 Å². The fourth-order valence-corrected chi connectivity index (χ4v) is 9.34. The highest BCUT2D eigenvalue weighted by atomic mass is 35.5. The van der Waals surface area contributed by atoms with Crippen LogP contribution in [-0.2, 0) is 7.05 Å². The van der Waals surface area contributed by atoms with Gasteiger partial charge in [-0.05, 0) is 193 Å². The molecule has 0 N–H and O–H groups in total. The Balaban J connectivity index is 0.000000411. The molecule has 0 atom stereocenters. The molecule has 9 aromatic rings. The Labute approximate surface area is 481 Å². The molecule has 0 fully saturated rings. The summed E-state index contributed by atoms with van der Waals surface area (Å²) in [6.45, 7) is 33.8. The molecule has 0 bridgehead atoms. The van der Waals surface area contributed by atoms with Crippen molar-refractivity contribution < 1.29 is 0 Å². The first-order chi connectivity index (χ1) is 34.1. The van der Waals surface area contributed by atoms with Gasteiger partial charge in [-0.15, -0.1) is 45.3 Å². The van der Waals surface area contributed by atoms with Crippen molar-refractivity contribution in [1.29, 1.82) is 0 Å². The summed E-state index contributed by atoms with van der Waals surface area (Å²) in [6, 6.07) is 18.0. The minimum Gasteiger partial charge on any atom is -0.260 e. The van der Waals surface area contributed by atoms with Gasteiger partial charge in [0.05, 0.1) is 35.8 Å². The van der Waals surface area contributed by atoms with E-state index in [-0.39, 0.29) is 0 Å². The van der Waals surface area contributed by atoms with Crippen LogP contribution in [0.25, 0.3) is 0 Å². The highest BCUT2D eigenvalue weighted by molar-refractivity contribution is 7.16. The Morgan fingerprint density at radius 3 is 1.34 bits per heavy atom. The molecule has 0 aliphatic carbocycles. The molecule has 73 heavy (non-hydrogen) atoms. The molecule has 394 valence electrons. The molecule has 9 rings (SSSR count). The first kappa shape index (κ1) is 67.2. The fourth-order valence-electron chi connectivity index (χ4n) is 5.46. The predicted octanol–water partition coefficient (Wildman–Crippen LogP) is 19.7. The average Bonchev–Trinajstić information content (AvgIpc) is 4.13. The van der Waals surface area contributed by atoms with Crippen LogP contribution in [0.4, 0.5) is 0 Å². The zero-order chi connectivity index (χ0) is 55.5. The third kappa shape index (κ3) is 30.4. The lowest BCUT2D eigenvalue weighted by atomic mass is 10.2. The monoisotopic (exact) mass is 1180 g/mol. The van der Waals surface area contributed by atoms with Gasteiger partial charge < -0.3 is 0 Å². The van der Waals surface area contributed by atoms with E-state index in [1.165, 1.54) is 37.8 Å². The number of hydrogen-bond donors (Lipinski definition) is 0. The van der Waals surface area contributed by atoms with Crippen LogP contribution in [-0.4, -0.2) is 39.7 Å². The summed E-state index contributed by atoms with van der Waals surface area (Å²) >= 11 is 41.0. The van der Waals surface area contributed by atoms with E-state index in [0.717, 1.165) is 90.3 Å². The van der Waals surface area contributed by atoms with Gasteiger partial charge in [0.15, 0.2) is 0 Å². The van der Waals surface area contributed by atoms with Gasteiger partial charge in [0.25, 0.3) is 0 Å². The summed E-state index contributed by atoms with van der Waals surface area (Å²) in [7, 11) is 1.85. The number of pyridine rings is 3. The zero-order valence-electron chi connectivity index (χ0n) is 45.1. The molecule has 0 radical (unpaired) electrons. The van der Waals surface area contributed by atoms with Crippen molar-refractivity contribution in [2.24, 2.45) is 7.05 Å². The second-order valence-corrected chi connectivity index (χ2v) is 24.0. The normalized spacial score (nSPS) is 9.64. The quantitative estimate of drug-likeness (QED) is 0.140. The fraction of sp³-hybridized carbons (Fsp3) is 0.327. The molecule has 8 aromatic heterocycles. The molecule has 8 nitrogen and oxygen atoms in total. The smallest absolute Gasteiger partial charge is 0.147 e. The Bertz CT molecular complexity index is 2590. The van der Waals surface area contributed by atoms with Crippen molar-refractivity contribution in [3.05, 3.63) is 206 Å². The lowest BCUT2D eigenvalue weighted by Crippen LogP contribution is -1.86. The van der Waals surface area contributed by atoms with Gasteiger partial charge in [-0.25, -0.2) is 19.9 Å². The van der Waals surface area contributed by atoms with Gasteiger partial charge in [-0.1, -0.05) is 93.4 Å². The zero-order valence-corrected chi connectivity index (χ0v) is 52.9. The van der Waals surface area contributed by atoms with E-state index in [4.69, 9.17) is 69.6 Å². The number of aryl methyl sites for hydroxylation is 18. The van der Waals surface area contributed by atoms with Crippen molar-refractivity contribution in [2.45, 2.75) is 118 Å². The first-order valence-electron chi connectivity index (χ1n) is 22.6. The summed E-state index contributed by atoms with van der Waals surface area (Å²) in [4.78, 5) is 26.9. The molecule has 18 heteroatoms. The molecule has 0 saturated heterocycles. The minimum absolute atomic E-state index is 0.598. The number of aromatic nitrogens is 8. The van der Waals surface area contributed by atoms with Crippen LogP contribution in [0.1, 0.15) is 93.0 Å². The van der Waals surface area contributed by atoms with Crippen molar-refractivity contribution >= 4 is 115 Å². The van der Waals surface area contributed by atoms with E-state index in [1.807, 2.05) is 133 Å². The Morgan fingerprint density at radius 1 is 0.425 bits per heavy atom. The van der Waals surface area contributed by atoms with Crippen LogP contribution in [0.2, 0.25) is 28.9 Å². The minimum atomic E-state index is 0.598. The van der Waals surface area contributed by atoms with E-state index in [0.29, 0.717) is 5.15 Å². The average molecular weight is 1180 g/mol. The van der Waals surface area contributed by atoms with Crippen LogP contribution >= 0.6 is 115 Å². The predicted molar refractivity (Wildman–Crippen MR) is 324 cm³/mol. The van der Waals surface area contributed by atoms with Crippen LogP contribution in [0.5, 0.6) is 0 Å². The van der Waals surface area contributed by atoms with E-state index in [9.17, 15) is 0 Å². The summed E-state index contributed by atoms with van der Waals surface area (Å²) in [6.07, 6.45) is 5.11. The maximum Gasteiger partial charge on any atom is 0.147 e. The van der Waals surface area contributed by atoms with Gasteiger partial charge >= 0.3 is 0 Å². The van der Waals surface area contributed by atoms with Gasteiger partial charge in [0.1, 0.15) is 21.6 Å². The lowest BCUT2D eigenvalue weighted by molar-refractivity contribution is 0.756. The summed E-state index contributed by atoms with van der Waals surface area (Å²) in [5, 5.41) is 13.2. The van der Waals surface area contributed by atoms with Crippen molar-refractivity contribution in [2.75, 3.05) is 0 Å². The molecule has 0 amide bonds. The van der Waals surface area contributed by atoms with E-state index in [2.05, 4.69) is 91.7 Å². The second-order valence-electron chi connectivity index (χ2n) is 16.6. The first-order valence-corrected chi connectivity index (χ1v) is 28.3. The molecule has 0 saturated carbocycles. The summed E-state index contributed by atoms with van der Waals surface area (Å²) in [5.74, 6) is 0.822. The van der Waals surface area contributed by atoms with E-state index >= 15 is 0 Å². The third-order valence-corrected chi connectivity index (χ3v) is 15.3.